The lowest BCUT2D eigenvalue weighted by Gasteiger charge is -2.36. The molecule has 6 nitrogen and oxygen atoms in total. The van der Waals surface area contributed by atoms with Crippen LogP contribution in [0.25, 0.3) is 0 Å². The van der Waals surface area contributed by atoms with Gasteiger partial charge in [0.25, 0.3) is 0 Å². The number of hydrogen-bond acceptors (Lipinski definition) is 4. The molecule has 1 aromatic heterocycles. The third kappa shape index (κ3) is 4.68. The summed E-state index contributed by atoms with van der Waals surface area (Å²) >= 11 is 6.09. The second-order valence-corrected chi connectivity index (χ2v) is 7.19. The molecule has 3 rings (SSSR count). The number of pyridine rings is 1. The molecule has 7 heteroatoms. The van der Waals surface area contributed by atoms with Crippen LogP contribution in [0.5, 0.6) is 5.88 Å². The molecule has 1 aliphatic heterocycles. The van der Waals surface area contributed by atoms with Gasteiger partial charge in [0.15, 0.2) is 0 Å². The van der Waals surface area contributed by atoms with Crippen molar-refractivity contribution in [3.63, 3.8) is 0 Å². The number of hydrogen-bond donors (Lipinski definition) is 1. The van der Waals surface area contributed by atoms with Crippen LogP contribution >= 0.6 is 11.6 Å². The molecule has 0 unspecified atom stereocenters. The van der Waals surface area contributed by atoms with Crippen molar-refractivity contribution in [3.05, 3.63) is 46.6 Å². The highest BCUT2D eigenvalue weighted by atomic mass is 35.5. The van der Waals surface area contributed by atoms with Gasteiger partial charge in [0, 0.05) is 42.6 Å². The van der Waals surface area contributed by atoms with E-state index in [9.17, 15) is 4.79 Å². The number of benzene rings is 1. The number of rotatable bonds is 5. The van der Waals surface area contributed by atoms with Crippen molar-refractivity contribution in [2.45, 2.75) is 27.2 Å². The molecule has 1 aliphatic rings. The molecule has 2 amide bonds. The molecule has 2 aromatic rings. The van der Waals surface area contributed by atoms with Gasteiger partial charge >= 0.3 is 6.03 Å². The lowest BCUT2D eigenvalue weighted by atomic mass is 10.1. The zero-order valence-electron chi connectivity index (χ0n) is 16.7. The number of carbonyl (C=O) groups is 1. The van der Waals surface area contributed by atoms with Crippen LogP contribution in [0.2, 0.25) is 5.02 Å². The monoisotopic (exact) mass is 402 g/mol. The maximum atomic E-state index is 12.8. The molecule has 1 saturated heterocycles. The molecule has 0 spiro atoms. The Morgan fingerprint density at radius 3 is 2.61 bits per heavy atom. The summed E-state index contributed by atoms with van der Waals surface area (Å²) in [5, 5.41) is 3.71. The van der Waals surface area contributed by atoms with Crippen molar-refractivity contribution in [2.24, 2.45) is 0 Å². The number of halogens is 1. The Hall–Kier alpha value is -2.47. The van der Waals surface area contributed by atoms with Crippen molar-refractivity contribution < 1.29 is 9.53 Å². The number of nitrogens with one attached hydrogen (secondary N) is 1. The van der Waals surface area contributed by atoms with Crippen molar-refractivity contribution in [3.8, 4) is 5.88 Å². The van der Waals surface area contributed by atoms with Crippen molar-refractivity contribution in [1.29, 1.82) is 0 Å². The first kappa shape index (κ1) is 20.3. The summed E-state index contributed by atoms with van der Waals surface area (Å²) in [6.07, 6.45) is 0.854. The third-order valence-corrected chi connectivity index (χ3v) is 5.16. The number of ether oxygens (including phenoxy) is 1. The van der Waals surface area contributed by atoms with E-state index in [1.54, 1.807) is 0 Å². The molecule has 1 aromatic carbocycles. The zero-order chi connectivity index (χ0) is 20.1. The number of aryl methyl sites for hydroxylation is 2. The van der Waals surface area contributed by atoms with Crippen LogP contribution in [0, 0.1) is 6.92 Å². The highest BCUT2D eigenvalue weighted by molar-refractivity contribution is 6.30. The van der Waals surface area contributed by atoms with E-state index >= 15 is 0 Å². The maximum absolute atomic E-state index is 12.8. The average molecular weight is 403 g/mol. The van der Waals surface area contributed by atoms with Gasteiger partial charge in [-0.25, -0.2) is 9.78 Å². The minimum atomic E-state index is -0.126. The number of carbonyl (C=O) groups excluding carboxylic acids is 1. The van der Waals surface area contributed by atoms with E-state index < -0.39 is 0 Å². The smallest absolute Gasteiger partial charge is 0.322 e. The van der Waals surface area contributed by atoms with Crippen molar-refractivity contribution in [1.82, 2.24) is 9.88 Å². The Morgan fingerprint density at radius 1 is 1.21 bits per heavy atom. The van der Waals surface area contributed by atoms with E-state index in [1.807, 2.05) is 49.1 Å². The number of nitrogens with zero attached hydrogens (tertiary/aromatic N) is 3. The SMILES string of the molecule is CCOc1nc(C)c(CC)cc1NC(=O)N1CCN(c2cccc(Cl)c2)CC1. The third-order valence-electron chi connectivity index (χ3n) is 4.93. The van der Waals surface area contributed by atoms with Crippen molar-refractivity contribution >= 4 is 29.0 Å². The largest absolute Gasteiger partial charge is 0.476 e. The molecule has 0 bridgehead atoms. The quantitative estimate of drug-likeness (QED) is 0.807. The van der Waals surface area contributed by atoms with Crippen LogP contribution in [0.1, 0.15) is 25.1 Å². The summed E-state index contributed by atoms with van der Waals surface area (Å²) in [4.78, 5) is 21.4. The van der Waals surface area contributed by atoms with Gasteiger partial charge in [-0.05, 0) is 50.1 Å². The molecule has 0 saturated carbocycles. The summed E-state index contributed by atoms with van der Waals surface area (Å²) < 4.78 is 5.63. The Bertz CT molecular complexity index is 835. The lowest BCUT2D eigenvalue weighted by Crippen LogP contribution is -2.50. The standard InChI is InChI=1S/C21H27ClN4O2/c1-4-16-13-19(20(28-5-2)23-15(16)3)24-21(27)26-11-9-25(10-12-26)18-8-6-7-17(22)14-18/h6-8,13-14H,4-5,9-12H2,1-3H3,(H,24,27). The van der Waals surface area contributed by atoms with Gasteiger partial charge in [0.2, 0.25) is 5.88 Å². The molecule has 28 heavy (non-hydrogen) atoms. The fourth-order valence-corrected chi connectivity index (χ4v) is 3.54. The summed E-state index contributed by atoms with van der Waals surface area (Å²) in [5.41, 5.74) is 3.75. The minimum absolute atomic E-state index is 0.126. The highest BCUT2D eigenvalue weighted by Crippen LogP contribution is 2.26. The predicted molar refractivity (Wildman–Crippen MR) is 114 cm³/mol. The fraction of sp³-hybridized carbons (Fsp3) is 0.429. The van der Waals surface area contributed by atoms with Crippen LogP contribution in [0.15, 0.2) is 30.3 Å². The van der Waals surface area contributed by atoms with E-state index in [2.05, 4.69) is 22.1 Å². The van der Waals surface area contributed by atoms with Gasteiger partial charge in [-0.3, -0.25) is 0 Å². The number of piperazine rings is 1. The maximum Gasteiger partial charge on any atom is 0.322 e. The molecule has 150 valence electrons. The van der Waals surface area contributed by atoms with Crippen LogP contribution in [0.3, 0.4) is 0 Å². The fourth-order valence-electron chi connectivity index (χ4n) is 3.35. The van der Waals surface area contributed by atoms with E-state index in [0.717, 1.165) is 41.5 Å². The van der Waals surface area contributed by atoms with Gasteiger partial charge in [0.05, 0.1) is 6.61 Å². The molecule has 1 N–H and O–H groups in total. The minimum Gasteiger partial charge on any atom is -0.476 e. The van der Waals surface area contributed by atoms with Gasteiger partial charge in [-0.2, -0.15) is 0 Å². The van der Waals surface area contributed by atoms with Crippen LogP contribution in [0.4, 0.5) is 16.2 Å². The second-order valence-electron chi connectivity index (χ2n) is 6.76. The molecule has 0 radical (unpaired) electrons. The molecular weight excluding hydrogens is 376 g/mol. The molecule has 0 atom stereocenters. The number of urea groups is 1. The summed E-state index contributed by atoms with van der Waals surface area (Å²) in [5.74, 6) is 0.475. The van der Waals surface area contributed by atoms with E-state index in [-0.39, 0.29) is 6.03 Å². The summed E-state index contributed by atoms with van der Waals surface area (Å²) in [7, 11) is 0. The van der Waals surface area contributed by atoms with E-state index in [4.69, 9.17) is 16.3 Å². The highest BCUT2D eigenvalue weighted by Gasteiger charge is 2.23. The Morgan fingerprint density at radius 2 is 1.96 bits per heavy atom. The molecular formula is C21H27ClN4O2. The van der Waals surface area contributed by atoms with Crippen LogP contribution in [-0.2, 0) is 6.42 Å². The first-order valence-electron chi connectivity index (χ1n) is 9.71. The summed E-state index contributed by atoms with van der Waals surface area (Å²) in [6, 6.07) is 9.65. The first-order valence-corrected chi connectivity index (χ1v) is 10.1. The lowest BCUT2D eigenvalue weighted by molar-refractivity contribution is 0.208. The predicted octanol–water partition coefficient (Wildman–Crippen LogP) is 4.36. The summed E-state index contributed by atoms with van der Waals surface area (Å²) in [6.45, 7) is 9.25. The molecule has 2 heterocycles. The van der Waals surface area contributed by atoms with Gasteiger partial charge < -0.3 is 19.9 Å². The number of aromatic nitrogens is 1. The van der Waals surface area contributed by atoms with E-state index in [0.29, 0.717) is 31.3 Å². The topological polar surface area (TPSA) is 57.7 Å². The van der Waals surface area contributed by atoms with Gasteiger partial charge in [-0.15, -0.1) is 0 Å². The number of amides is 2. The van der Waals surface area contributed by atoms with Crippen LogP contribution < -0.4 is 15.0 Å². The first-order chi connectivity index (χ1) is 13.5. The Balaban J connectivity index is 1.66. The van der Waals surface area contributed by atoms with Crippen molar-refractivity contribution in [2.75, 3.05) is 43.0 Å². The average Bonchev–Trinajstić information content (AvgIpc) is 2.70. The zero-order valence-corrected chi connectivity index (χ0v) is 17.4. The Kier molecular flexibility index (Phi) is 6.62. The second kappa shape index (κ2) is 9.15. The molecule has 1 fully saturated rings. The normalized spacial score (nSPS) is 14.1. The van der Waals surface area contributed by atoms with Gasteiger partial charge in [-0.1, -0.05) is 24.6 Å². The molecule has 0 aliphatic carbocycles. The Labute approximate surface area is 171 Å². The van der Waals surface area contributed by atoms with Crippen LogP contribution in [-0.4, -0.2) is 48.7 Å². The van der Waals surface area contributed by atoms with E-state index in [1.165, 1.54) is 0 Å². The van der Waals surface area contributed by atoms with Gasteiger partial charge in [0.1, 0.15) is 5.69 Å². The number of anilines is 2.